The van der Waals surface area contributed by atoms with Crippen molar-refractivity contribution in [1.82, 2.24) is 0 Å². The molecule has 0 aliphatic rings. The van der Waals surface area contributed by atoms with Gasteiger partial charge in [0.15, 0.2) is 0 Å². The van der Waals surface area contributed by atoms with E-state index in [1.54, 1.807) is 0 Å². The number of ether oxygens (including phenoxy) is 2. The SMILES string of the molecule is CCCCOCC=CCCCCCC(=O)OC. The first kappa shape index (κ1) is 16.2. The Kier molecular flexibility index (Phi) is 12.6. The van der Waals surface area contributed by atoms with Crippen molar-refractivity contribution >= 4 is 5.97 Å². The van der Waals surface area contributed by atoms with Crippen LogP contribution in [0.5, 0.6) is 0 Å². The lowest BCUT2D eigenvalue weighted by Crippen LogP contribution is -1.98. The maximum Gasteiger partial charge on any atom is 0.305 e. The van der Waals surface area contributed by atoms with E-state index in [-0.39, 0.29) is 5.97 Å². The highest BCUT2D eigenvalue weighted by molar-refractivity contribution is 5.68. The van der Waals surface area contributed by atoms with Crippen molar-refractivity contribution in [2.45, 2.75) is 51.9 Å². The molecule has 0 spiro atoms. The first-order chi connectivity index (χ1) is 8.31. The van der Waals surface area contributed by atoms with E-state index in [4.69, 9.17) is 4.74 Å². The fraction of sp³-hybridized carbons (Fsp3) is 0.786. The van der Waals surface area contributed by atoms with E-state index < -0.39 is 0 Å². The molecular weight excluding hydrogens is 216 g/mol. The molecular formula is C14H26O3. The number of methoxy groups -OCH3 is 1. The predicted octanol–water partition coefficient (Wildman–Crippen LogP) is 3.48. The van der Waals surface area contributed by atoms with E-state index in [2.05, 4.69) is 23.8 Å². The molecule has 0 radical (unpaired) electrons. The molecule has 3 heteroatoms. The van der Waals surface area contributed by atoms with Gasteiger partial charge >= 0.3 is 5.97 Å². The number of hydrogen-bond acceptors (Lipinski definition) is 3. The third-order valence-electron chi connectivity index (χ3n) is 2.50. The highest BCUT2D eigenvalue weighted by atomic mass is 16.5. The third kappa shape index (κ3) is 13.1. The van der Waals surface area contributed by atoms with Gasteiger partial charge in [-0.25, -0.2) is 0 Å². The molecule has 0 N–H and O–H groups in total. The maximum absolute atomic E-state index is 10.8. The predicted molar refractivity (Wildman–Crippen MR) is 70.0 cm³/mol. The Balaban J connectivity index is 3.11. The molecule has 0 saturated carbocycles. The molecule has 0 aliphatic heterocycles. The zero-order valence-electron chi connectivity index (χ0n) is 11.2. The van der Waals surface area contributed by atoms with E-state index in [9.17, 15) is 4.79 Å². The quantitative estimate of drug-likeness (QED) is 0.316. The number of hydrogen-bond donors (Lipinski definition) is 0. The average Bonchev–Trinajstić information content (AvgIpc) is 2.35. The molecule has 0 saturated heterocycles. The molecule has 3 nitrogen and oxygen atoms in total. The van der Waals surface area contributed by atoms with E-state index in [0.717, 1.165) is 45.3 Å². The highest BCUT2D eigenvalue weighted by Crippen LogP contribution is 2.04. The van der Waals surface area contributed by atoms with Crippen molar-refractivity contribution < 1.29 is 14.3 Å². The fourth-order valence-corrected chi connectivity index (χ4v) is 1.39. The molecule has 0 unspecified atom stereocenters. The first-order valence-electron chi connectivity index (χ1n) is 6.60. The van der Waals surface area contributed by atoms with Crippen molar-refractivity contribution in [1.29, 1.82) is 0 Å². The van der Waals surface area contributed by atoms with Crippen LogP contribution in [0.4, 0.5) is 0 Å². The van der Waals surface area contributed by atoms with Crippen LogP contribution < -0.4 is 0 Å². The van der Waals surface area contributed by atoms with Crippen LogP contribution >= 0.6 is 0 Å². The van der Waals surface area contributed by atoms with Gasteiger partial charge in [0.1, 0.15) is 0 Å². The molecule has 0 aromatic carbocycles. The number of allylic oxidation sites excluding steroid dienone is 1. The molecule has 0 aromatic heterocycles. The largest absolute Gasteiger partial charge is 0.469 e. The molecule has 0 atom stereocenters. The number of esters is 1. The molecule has 0 heterocycles. The van der Waals surface area contributed by atoms with Crippen molar-refractivity contribution in [2.75, 3.05) is 20.3 Å². The Bertz CT molecular complexity index is 200. The van der Waals surface area contributed by atoms with Gasteiger partial charge in [0.05, 0.1) is 13.7 Å². The summed E-state index contributed by atoms with van der Waals surface area (Å²) in [4.78, 5) is 10.8. The zero-order chi connectivity index (χ0) is 12.8. The van der Waals surface area contributed by atoms with Crippen molar-refractivity contribution in [3.8, 4) is 0 Å². The third-order valence-corrected chi connectivity index (χ3v) is 2.50. The fourth-order valence-electron chi connectivity index (χ4n) is 1.39. The van der Waals surface area contributed by atoms with Crippen LogP contribution in [0.2, 0.25) is 0 Å². The Morgan fingerprint density at radius 1 is 1.12 bits per heavy atom. The van der Waals surface area contributed by atoms with Gasteiger partial charge in [0.2, 0.25) is 0 Å². The van der Waals surface area contributed by atoms with Crippen molar-refractivity contribution in [2.24, 2.45) is 0 Å². The van der Waals surface area contributed by atoms with Gasteiger partial charge in [0.25, 0.3) is 0 Å². The lowest BCUT2D eigenvalue weighted by molar-refractivity contribution is -0.140. The van der Waals surface area contributed by atoms with Gasteiger partial charge in [-0.15, -0.1) is 0 Å². The summed E-state index contributed by atoms with van der Waals surface area (Å²) in [6, 6.07) is 0. The van der Waals surface area contributed by atoms with Crippen LogP contribution in [0.1, 0.15) is 51.9 Å². The van der Waals surface area contributed by atoms with Crippen molar-refractivity contribution in [3.05, 3.63) is 12.2 Å². The van der Waals surface area contributed by atoms with Gasteiger partial charge in [-0.2, -0.15) is 0 Å². The number of carbonyl (C=O) groups is 1. The summed E-state index contributed by atoms with van der Waals surface area (Å²) in [5, 5.41) is 0. The molecule has 0 rings (SSSR count). The van der Waals surface area contributed by atoms with Crippen LogP contribution in [0.15, 0.2) is 12.2 Å². The molecule has 0 fully saturated rings. The summed E-state index contributed by atoms with van der Waals surface area (Å²) >= 11 is 0. The summed E-state index contributed by atoms with van der Waals surface area (Å²) in [7, 11) is 1.43. The van der Waals surface area contributed by atoms with Crippen LogP contribution in [-0.4, -0.2) is 26.3 Å². The Morgan fingerprint density at radius 3 is 2.65 bits per heavy atom. The van der Waals surface area contributed by atoms with E-state index in [1.165, 1.54) is 13.5 Å². The van der Waals surface area contributed by atoms with Gasteiger partial charge in [0, 0.05) is 13.0 Å². The average molecular weight is 242 g/mol. The Hall–Kier alpha value is -0.830. The minimum Gasteiger partial charge on any atom is -0.469 e. The molecule has 17 heavy (non-hydrogen) atoms. The molecule has 0 aliphatic carbocycles. The van der Waals surface area contributed by atoms with Gasteiger partial charge < -0.3 is 9.47 Å². The summed E-state index contributed by atoms with van der Waals surface area (Å²) in [5.74, 6) is -0.107. The second-order valence-corrected chi connectivity index (χ2v) is 4.08. The Morgan fingerprint density at radius 2 is 1.94 bits per heavy atom. The Labute approximate surface area is 105 Å². The number of unbranched alkanes of at least 4 members (excludes halogenated alkanes) is 4. The van der Waals surface area contributed by atoms with E-state index in [1.807, 2.05) is 0 Å². The highest BCUT2D eigenvalue weighted by Gasteiger charge is 1.97. The normalized spacial score (nSPS) is 10.9. The second-order valence-electron chi connectivity index (χ2n) is 4.08. The summed E-state index contributed by atoms with van der Waals surface area (Å²) in [5.41, 5.74) is 0. The summed E-state index contributed by atoms with van der Waals surface area (Å²) in [6.07, 6.45) is 11.3. The number of rotatable bonds is 11. The van der Waals surface area contributed by atoms with E-state index >= 15 is 0 Å². The van der Waals surface area contributed by atoms with E-state index in [0.29, 0.717) is 6.42 Å². The zero-order valence-corrected chi connectivity index (χ0v) is 11.2. The monoisotopic (exact) mass is 242 g/mol. The maximum atomic E-state index is 10.8. The van der Waals surface area contributed by atoms with Crippen LogP contribution in [0.3, 0.4) is 0 Å². The lowest BCUT2D eigenvalue weighted by Gasteiger charge is -1.99. The topological polar surface area (TPSA) is 35.5 Å². The standard InChI is InChI=1S/C14H26O3/c1-3-4-12-17-13-10-8-6-5-7-9-11-14(15)16-2/h8,10H,3-7,9,11-13H2,1-2H3. The van der Waals surface area contributed by atoms with Gasteiger partial charge in [-0.05, 0) is 25.7 Å². The minimum absolute atomic E-state index is 0.107. The smallest absolute Gasteiger partial charge is 0.305 e. The number of carbonyl (C=O) groups excluding carboxylic acids is 1. The molecule has 0 aromatic rings. The first-order valence-corrected chi connectivity index (χ1v) is 6.60. The van der Waals surface area contributed by atoms with Gasteiger partial charge in [-0.3, -0.25) is 4.79 Å². The van der Waals surface area contributed by atoms with Crippen LogP contribution in [-0.2, 0) is 14.3 Å². The van der Waals surface area contributed by atoms with Crippen LogP contribution in [0, 0.1) is 0 Å². The lowest BCUT2D eigenvalue weighted by atomic mass is 10.1. The second kappa shape index (κ2) is 13.2. The summed E-state index contributed by atoms with van der Waals surface area (Å²) in [6.45, 7) is 3.75. The van der Waals surface area contributed by atoms with Crippen molar-refractivity contribution in [3.63, 3.8) is 0 Å². The summed E-state index contributed by atoms with van der Waals surface area (Å²) < 4.78 is 9.97. The molecule has 0 bridgehead atoms. The molecule has 100 valence electrons. The minimum atomic E-state index is -0.107. The van der Waals surface area contributed by atoms with Crippen LogP contribution in [0.25, 0.3) is 0 Å². The molecule has 0 amide bonds. The van der Waals surface area contributed by atoms with Gasteiger partial charge in [-0.1, -0.05) is 31.9 Å².